The van der Waals surface area contributed by atoms with Gasteiger partial charge in [0.1, 0.15) is 5.75 Å². The van der Waals surface area contributed by atoms with E-state index in [2.05, 4.69) is 0 Å². The summed E-state index contributed by atoms with van der Waals surface area (Å²) in [6, 6.07) is 3.25. The largest absolute Gasteiger partial charge is 0.493 e. The zero-order valence-corrected chi connectivity index (χ0v) is 9.71. The molecule has 0 radical (unpaired) electrons. The molecule has 1 aromatic carbocycles. The van der Waals surface area contributed by atoms with Crippen molar-refractivity contribution in [3.05, 3.63) is 28.8 Å². The maximum atomic E-state index is 10.9. The monoisotopic (exact) mass is 243 g/mol. The summed E-state index contributed by atoms with van der Waals surface area (Å²) >= 11 is 0. The van der Waals surface area contributed by atoms with Crippen LogP contribution in [-0.4, -0.2) is 17.7 Å². The summed E-state index contributed by atoms with van der Waals surface area (Å²) in [5.74, 6) is -0.204. The first-order chi connectivity index (χ1) is 7.09. The molecule has 0 amide bonds. The van der Waals surface area contributed by atoms with Crippen molar-refractivity contribution < 1.29 is 14.6 Å². The normalized spacial score (nSPS) is 18.0. The average Bonchev–Trinajstić information content (AvgIpc) is 2.16. The second-order valence-electron chi connectivity index (χ2n) is 3.75. The van der Waals surface area contributed by atoms with Crippen LogP contribution in [0.15, 0.2) is 12.1 Å². The third-order valence-electron chi connectivity index (χ3n) is 2.67. The first-order valence-corrected chi connectivity index (χ1v) is 4.86. The molecule has 3 N–H and O–H groups in total. The summed E-state index contributed by atoms with van der Waals surface area (Å²) in [7, 11) is 0. The fourth-order valence-electron chi connectivity index (χ4n) is 1.79. The molecule has 4 nitrogen and oxygen atoms in total. The van der Waals surface area contributed by atoms with E-state index in [0.29, 0.717) is 17.7 Å². The Balaban J connectivity index is 0.00000128. The van der Waals surface area contributed by atoms with E-state index >= 15 is 0 Å². The third kappa shape index (κ3) is 2.13. The van der Waals surface area contributed by atoms with Crippen molar-refractivity contribution in [2.45, 2.75) is 19.4 Å². The molecule has 0 saturated carbocycles. The van der Waals surface area contributed by atoms with Gasteiger partial charge in [-0.3, -0.25) is 0 Å². The number of hydrogen-bond acceptors (Lipinski definition) is 3. The Morgan fingerprint density at radius 2 is 2.25 bits per heavy atom. The Kier molecular flexibility index (Phi) is 3.78. The minimum absolute atomic E-state index is 0. The first kappa shape index (κ1) is 12.8. The summed E-state index contributed by atoms with van der Waals surface area (Å²) in [5, 5.41) is 8.97. The Morgan fingerprint density at radius 3 is 2.88 bits per heavy atom. The number of carbonyl (C=O) groups is 1. The summed E-state index contributed by atoms with van der Waals surface area (Å²) < 4.78 is 5.44. The number of halogens is 1. The highest BCUT2D eigenvalue weighted by Crippen LogP contribution is 2.32. The Morgan fingerprint density at radius 1 is 1.56 bits per heavy atom. The molecule has 88 valence electrons. The highest BCUT2D eigenvalue weighted by molar-refractivity contribution is 5.90. The van der Waals surface area contributed by atoms with Gasteiger partial charge >= 0.3 is 5.97 Å². The van der Waals surface area contributed by atoms with Crippen molar-refractivity contribution in [3.63, 3.8) is 0 Å². The topological polar surface area (TPSA) is 72.5 Å². The molecule has 1 aliphatic rings. The van der Waals surface area contributed by atoms with Crippen LogP contribution in [-0.2, 0) is 0 Å². The van der Waals surface area contributed by atoms with Crippen LogP contribution in [0.4, 0.5) is 0 Å². The maximum Gasteiger partial charge on any atom is 0.335 e. The molecule has 1 heterocycles. The number of ether oxygens (including phenoxy) is 1. The van der Waals surface area contributed by atoms with E-state index < -0.39 is 5.97 Å². The van der Waals surface area contributed by atoms with Crippen molar-refractivity contribution in [3.8, 4) is 5.75 Å². The molecular formula is C11H14ClNO3. The van der Waals surface area contributed by atoms with Crippen LogP contribution in [0.2, 0.25) is 0 Å². The molecule has 0 bridgehead atoms. The van der Waals surface area contributed by atoms with Gasteiger partial charge in [-0.25, -0.2) is 4.79 Å². The van der Waals surface area contributed by atoms with Crippen molar-refractivity contribution >= 4 is 18.4 Å². The van der Waals surface area contributed by atoms with Gasteiger partial charge < -0.3 is 15.6 Å². The van der Waals surface area contributed by atoms with E-state index in [9.17, 15) is 4.79 Å². The van der Waals surface area contributed by atoms with Gasteiger partial charge in [-0.2, -0.15) is 0 Å². The van der Waals surface area contributed by atoms with Crippen molar-refractivity contribution in [2.75, 3.05) is 6.61 Å². The fraction of sp³-hybridized carbons (Fsp3) is 0.364. The molecule has 1 aromatic rings. The average molecular weight is 244 g/mol. The predicted molar refractivity (Wildman–Crippen MR) is 62.4 cm³/mol. The molecule has 0 aromatic heterocycles. The zero-order valence-electron chi connectivity index (χ0n) is 8.90. The van der Waals surface area contributed by atoms with E-state index in [4.69, 9.17) is 15.6 Å². The molecule has 1 atom stereocenters. The van der Waals surface area contributed by atoms with E-state index in [1.165, 1.54) is 0 Å². The van der Waals surface area contributed by atoms with E-state index in [0.717, 1.165) is 17.7 Å². The number of fused-ring (bicyclic) bond motifs is 1. The van der Waals surface area contributed by atoms with E-state index in [-0.39, 0.29) is 18.4 Å². The molecule has 0 aliphatic carbocycles. The number of nitrogens with two attached hydrogens (primary N) is 1. The highest BCUT2D eigenvalue weighted by atomic mass is 35.5. The molecule has 16 heavy (non-hydrogen) atoms. The third-order valence-corrected chi connectivity index (χ3v) is 2.67. The van der Waals surface area contributed by atoms with E-state index in [1.54, 1.807) is 19.1 Å². The number of benzene rings is 1. The lowest BCUT2D eigenvalue weighted by Gasteiger charge is -2.23. The summed E-state index contributed by atoms with van der Waals surface area (Å²) in [6.07, 6.45) is 0.731. The summed E-state index contributed by atoms with van der Waals surface area (Å²) in [4.78, 5) is 10.9. The minimum atomic E-state index is -0.923. The van der Waals surface area contributed by atoms with Gasteiger partial charge in [0.2, 0.25) is 0 Å². The van der Waals surface area contributed by atoms with Gasteiger partial charge in [0, 0.05) is 18.0 Å². The van der Waals surface area contributed by atoms with Gasteiger partial charge in [-0.1, -0.05) is 0 Å². The van der Waals surface area contributed by atoms with Crippen molar-refractivity contribution in [1.29, 1.82) is 0 Å². The molecule has 5 heteroatoms. The van der Waals surface area contributed by atoms with Gasteiger partial charge in [-0.15, -0.1) is 12.4 Å². The van der Waals surface area contributed by atoms with E-state index in [1.807, 2.05) is 0 Å². The number of rotatable bonds is 1. The SMILES string of the molecule is Cc1cc2c(cc1C(=O)O)C(N)CCO2.Cl. The maximum absolute atomic E-state index is 10.9. The van der Waals surface area contributed by atoms with Crippen LogP contribution in [0, 0.1) is 6.92 Å². The number of carboxylic acids is 1. The number of aryl methyl sites for hydroxylation is 1. The van der Waals surface area contributed by atoms with Crippen LogP contribution in [0.25, 0.3) is 0 Å². The van der Waals surface area contributed by atoms with Gasteiger partial charge in [0.05, 0.1) is 12.2 Å². The van der Waals surface area contributed by atoms with Crippen LogP contribution in [0.1, 0.15) is 33.9 Å². The predicted octanol–water partition coefficient (Wildman–Crippen LogP) is 1.90. The molecule has 0 spiro atoms. The van der Waals surface area contributed by atoms with Crippen LogP contribution >= 0.6 is 12.4 Å². The van der Waals surface area contributed by atoms with Gasteiger partial charge in [0.15, 0.2) is 0 Å². The molecule has 0 fully saturated rings. The fourth-order valence-corrected chi connectivity index (χ4v) is 1.79. The second kappa shape index (κ2) is 4.72. The Hall–Kier alpha value is -1.26. The number of carboxylic acid groups (broad SMARTS) is 1. The molecule has 1 aliphatic heterocycles. The summed E-state index contributed by atoms with van der Waals surface area (Å²) in [5.41, 5.74) is 7.69. The Bertz CT molecular complexity index is 420. The smallest absolute Gasteiger partial charge is 0.335 e. The molecule has 1 unspecified atom stereocenters. The number of aromatic carboxylic acids is 1. The minimum Gasteiger partial charge on any atom is -0.493 e. The first-order valence-electron chi connectivity index (χ1n) is 4.86. The quantitative estimate of drug-likeness (QED) is 0.790. The lowest BCUT2D eigenvalue weighted by molar-refractivity contribution is 0.0696. The van der Waals surface area contributed by atoms with Gasteiger partial charge in [0.25, 0.3) is 0 Å². The molecule has 2 rings (SSSR count). The standard InChI is InChI=1S/C11H13NO3.ClH/c1-6-4-10-8(5-7(6)11(13)14)9(12)2-3-15-10;/h4-5,9H,2-3,12H2,1H3,(H,13,14);1H. The van der Waals surface area contributed by atoms with Crippen LogP contribution in [0.5, 0.6) is 5.75 Å². The van der Waals surface area contributed by atoms with Crippen molar-refractivity contribution in [1.82, 2.24) is 0 Å². The highest BCUT2D eigenvalue weighted by Gasteiger charge is 2.21. The molecule has 0 saturated heterocycles. The zero-order chi connectivity index (χ0) is 11.0. The van der Waals surface area contributed by atoms with Crippen LogP contribution in [0.3, 0.4) is 0 Å². The van der Waals surface area contributed by atoms with Crippen molar-refractivity contribution in [2.24, 2.45) is 5.73 Å². The lowest BCUT2D eigenvalue weighted by atomic mass is 9.96. The number of hydrogen-bond donors (Lipinski definition) is 2. The second-order valence-corrected chi connectivity index (χ2v) is 3.75. The summed E-state index contributed by atoms with van der Waals surface area (Å²) in [6.45, 7) is 2.35. The van der Waals surface area contributed by atoms with Crippen LogP contribution < -0.4 is 10.5 Å². The Labute approximate surface area is 99.8 Å². The lowest BCUT2D eigenvalue weighted by Crippen LogP contribution is -2.21. The van der Waals surface area contributed by atoms with Gasteiger partial charge in [-0.05, 0) is 24.6 Å². The molecular weight excluding hydrogens is 230 g/mol.